The van der Waals surface area contributed by atoms with E-state index in [2.05, 4.69) is 0 Å². The third-order valence-electron chi connectivity index (χ3n) is 11.6. The quantitative estimate of drug-likeness (QED) is 0.111. The van der Waals surface area contributed by atoms with E-state index in [1.54, 1.807) is 102 Å². The molecule has 306 valence electrons. The molecule has 10 nitrogen and oxygen atoms in total. The Morgan fingerprint density at radius 3 is 1.05 bits per heavy atom. The van der Waals surface area contributed by atoms with Crippen LogP contribution in [0, 0.1) is 16.2 Å². The molecule has 2 atom stereocenters. The van der Waals surface area contributed by atoms with Gasteiger partial charge in [0.15, 0.2) is 0 Å². The van der Waals surface area contributed by atoms with Crippen molar-refractivity contribution in [3.05, 3.63) is 119 Å². The third-order valence-corrected chi connectivity index (χ3v) is 11.6. The summed E-state index contributed by atoms with van der Waals surface area (Å²) in [6, 6.07) is 26.0. The van der Waals surface area contributed by atoms with E-state index in [9.17, 15) is 15.0 Å². The molecule has 5 rings (SSSR count). The summed E-state index contributed by atoms with van der Waals surface area (Å²) in [5.41, 5.74) is -0.216. The molecule has 1 aliphatic carbocycles. The standard InChI is InChI=1S/C47H60N2O8/c1-43(2,3)39(46(52,31-21-11-15-25-35(31)54-7)32-22-12-16-26-36(32)55-8)49(42(51)45(41(48)50)29-19-20-30-45)40(44(4,5)6)47(53,33-23-13-17-27-37(33)56-9)34-24-14-18-28-38(34)57-10/h11-18,21-28,39-40,52-53H,19-20,29-30H2,1-10H3,(H2,48,50)/t39-,40-/m1/s1. The summed E-state index contributed by atoms with van der Waals surface area (Å²) in [7, 11) is 6.10. The highest BCUT2D eigenvalue weighted by atomic mass is 16.5. The molecular weight excluding hydrogens is 721 g/mol. The van der Waals surface area contributed by atoms with Gasteiger partial charge in [0.2, 0.25) is 11.8 Å². The van der Waals surface area contributed by atoms with Gasteiger partial charge in [0.1, 0.15) is 39.6 Å². The van der Waals surface area contributed by atoms with Gasteiger partial charge in [0.05, 0.1) is 40.5 Å². The van der Waals surface area contributed by atoms with Crippen LogP contribution in [0.1, 0.15) is 89.5 Å². The lowest BCUT2D eigenvalue weighted by Crippen LogP contribution is -2.71. The number of carbonyl (C=O) groups is 2. The molecule has 0 spiro atoms. The van der Waals surface area contributed by atoms with E-state index >= 15 is 4.79 Å². The predicted molar refractivity (Wildman–Crippen MR) is 221 cm³/mol. The van der Waals surface area contributed by atoms with Crippen molar-refractivity contribution in [3.63, 3.8) is 0 Å². The number of hydrogen-bond acceptors (Lipinski definition) is 8. The van der Waals surface area contributed by atoms with Crippen molar-refractivity contribution in [1.29, 1.82) is 0 Å². The molecule has 2 amide bonds. The van der Waals surface area contributed by atoms with Crippen LogP contribution < -0.4 is 24.7 Å². The van der Waals surface area contributed by atoms with Crippen molar-refractivity contribution in [1.82, 2.24) is 4.90 Å². The second-order valence-corrected chi connectivity index (χ2v) is 17.2. The smallest absolute Gasteiger partial charge is 0.239 e. The number of ether oxygens (including phenoxy) is 4. The van der Waals surface area contributed by atoms with Crippen molar-refractivity contribution in [2.75, 3.05) is 28.4 Å². The maximum atomic E-state index is 16.4. The van der Waals surface area contributed by atoms with Crippen LogP contribution >= 0.6 is 0 Å². The Labute approximate surface area is 337 Å². The first-order valence-electron chi connectivity index (χ1n) is 19.5. The van der Waals surface area contributed by atoms with Crippen LogP contribution in [0.2, 0.25) is 0 Å². The molecule has 1 saturated carbocycles. The summed E-state index contributed by atoms with van der Waals surface area (Å²) < 4.78 is 23.9. The fourth-order valence-electron chi connectivity index (χ4n) is 9.38. The van der Waals surface area contributed by atoms with E-state index in [0.29, 0.717) is 58.1 Å². The molecule has 1 fully saturated rings. The van der Waals surface area contributed by atoms with Crippen molar-refractivity contribution in [2.24, 2.45) is 22.0 Å². The molecule has 4 aromatic rings. The minimum atomic E-state index is -2.13. The van der Waals surface area contributed by atoms with Gasteiger partial charge in [-0.1, -0.05) is 127 Å². The molecule has 0 aromatic heterocycles. The Hall–Kier alpha value is -5.06. The fourth-order valence-corrected chi connectivity index (χ4v) is 9.38. The maximum Gasteiger partial charge on any atom is 0.239 e. The molecular formula is C47H60N2O8. The first-order valence-corrected chi connectivity index (χ1v) is 19.5. The number of nitrogens with two attached hydrogens (primary N) is 1. The highest BCUT2D eigenvalue weighted by Crippen LogP contribution is 2.56. The van der Waals surface area contributed by atoms with Crippen molar-refractivity contribution >= 4 is 11.8 Å². The Morgan fingerprint density at radius 1 is 0.561 bits per heavy atom. The van der Waals surface area contributed by atoms with Gasteiger partial charge in [-0.25, -0.2) is 0 Å². The lowest BCUT2D eigenvalue weighted by Gasteiger charge is -2.59. The predicted octanol–water partition coefficient (Wildman–Crippen LogP) is 7.60. The van der Waals surface area contributed by atoms with Gasteiger partial charge in [0, 0.05) is 22.3 Å². The second-order valence-electron chi connectivity index (χ2n) is 17.2. The molecule has 0 saturated heterocycles. The lowest BCUT2D eigenvalue weighted by atomic mass is 9.62. The highest BCUT2D eigenvalue weighted by molar-refractivity contribution is 6.05. The van der Waals surface area contributed by atoms with Crippen LogP contribution in [0.3, 0.4) is 0 Å². The zero-order valence-corrected chi connectivity index (χ0v) is 35.1. The zero-order chi connectivity index (χ0) is 42.0. The maximum absolute atomic E-state index is 16.4. The van der Waals surface area contributed by atoms with Crippen LogP contribution in [-0.4, -0.2) is 67.5 Å². The number of aliphatic hydroxyl groups is 2. The van der Waals surface area contributed by atoms with Crippen LogP contribution in [-0.2, 0) is 20.8 Å². The van der Waals surface area contributed by atoms with Crippen molar-refractivity contribution in [3.8, 4) is 23.0 Å². The number of nitrogens with zero attached hydrogens (tertiary/aromatic N) is 1. The normalized spacial score (nSPS) is 15.6. The summed E-state index contributed by atoms with van der Waals surface area (Å²) in [4.78, 5) is 32.0. The Morgan fingerprint density at radius 2 is 0.825 bits per heavy atom. The van der Waals surface area contributed by atoms with Gasteiger partial charge in [-0.05, 0) is 47.9 Å². The molecule has 4 aromatic carbocycles. The topological polar surface area (TPSA) is 141 Å². The Kier molecular flexibility index (Phi) is 12.4. The molecule has 0 bridgehead atoms. The minimum Gasteiger partial charge on any atom is -0.496 e. The van der Waals surface area contributed by atoms with E-state index in [1.807, 2.05) is 41.5 Å². The minimum absolute atomic E-state index is 0.203. The lowest BCUT2D eigenvalue weighted by molar-refractivity contribution is -0.184. The van der Waals surface area contributed by atoms with Gasteiger partial charge in [0.25, 0.3) is 0 Å². The van der Waals surface area contributed by atoms with Crippen molar-refractivity contribution < 1.29 is 38.7 Å². The van der Waals surface area contributed by atoms with Crippen molar-refractivity contribution in [2.45, 2.75) is 90.5 Å². The first kappa shape index (κ1) is 43.1. The number of rotatable bonds is 14. The van der Waals surface area contributed by atoms with E-state index in [-0.39, 0.29) is 12.8 Å². The number of para-hydroxylation sites is 4. The van der Waals surface area contributed by atoms with Gasteiger partial charge in [-0.3, -0.25) is 9.59 Å². The molecule has 57 heavy (non-hydrogen) atoms. The molecule has 0 heterocycles. The van der Waals surface area contributed by atoms with Gasteiger partial charge < -0.3 is 39.8 Å². The van der Waals surface area contributed by atoms with E-state index < -0.39 is 51.3 Å². The van der Waals surface area contributed by atoms with E-state index in [4.69, 9.17) is 24.7 Å². The number of benzene rings is 4. The Balaban J connectivity index is 2.09. The monoisotopic (exact) mass is 780 g/mol. The summed E-state index contributed by atoms with van der Waals surface area (Å²) in [6.07, 6.45) is 1.59. The fraction of sp³-hybridized carbons (Fsp3) is 0.447. The van der Waals surface area contributed by atoms with Crippen LogP contribution in [0.25, 0.3) is 0 Å². The molecule has 4 N–H and O–H groups in total. The summed E-state index contributed by atoms with van der Waals surface area (Å²) in [5, 5.41) is 28.6. The number of carbonyl (C=O) groups excluding carboxylic acids is 2. The average molecular weight is 781 g/mol. The molecule has 0 unspecified atom stereocenters. The SMILES string of the molecule is COc1ccccc1C(O)(c1ccccc1OC)[C@H](N(C(=O)C1(C(N)=O)CCCC1)[C@H](C(C)(C)C)C(O)(c1ccccc1OC)c1ccccc1OC)C(C)(C)C. The Bertz CT molecular complexity index is 1820. The van der Waals surface area contributed by atoms with Gasteiger partial charge in [-0.15, -0.1) is 0 Å². The van der Waals surface area contributed by atoms with Crippen LogP contribution in [0.4, 0.5) is 0 Å². The molecule has 0 aliphatic heterocycles. The molecule has 1 aliphatic rings. The highest BCUT2D eigenvalue weighted by Gasteiger charge is 2.64. The summed E-state index contributed by atoms with van der Waals surface area (Å²) in [6.45, 7) is 11.6. The molecule has 10 heteroatoms. The third kappa shape index (κ3) is 7.45. The second kappa shape index (κ2) is 16.4. The molecule has 0 radical (unpaired) electrons. The van der Waals surface area contributed by atoms with Gasteiger partial charge in [-0.2, -0.15) is 0 Å². The number of primary amides is 1. The van der Waals surface area contributed by atoms with E-state index in [1.165, 1.54) is 28.4 Å². The summed E-state index contributed by atoms with van der Waals surface area (Å²) in [5.74, 6) is 0.0700. The number of hydrogen-bond donors (Lipinski definition) is 3. The number of amides is 2. The van der Waals surface area contributed by atoms with E-state index in [0.717, 1.165) is 0 Å². The summed E-state index contributed by atoms with van der Waals surface area (Å²) >= 11 is 0. The number of methoxy groups -OCH3 is 4. The van der Waals surface area contributed by atoms with Crippen LogP contribution in [0.5, 0.6) is 23.0 Å². The largest absolute Gasteiger partial charge is 0.496 e. The zero-order valence-electron chi connectivity index (χ0n) is 35.1. The average Bonchev–Trinajstić information content (AvgIpc) is 3.71. The van der Waals surface area contributed by atoms with Crippen LogP contribution in [0.15, 0.2) is 97.1 Å². The first-order chi connectivity index (χ1) is 26.9. The van der Waals surface area contributed by atoms with Gasteiger partial charge >= 0.3 is 0 Å².